The summed E-state index contributed by atoms with van der Waals surface area (Å²) in [5.41, 5.74) is -0.268. The Labute approximate surface area is 98.0 Å². The van der Waals surface area contributed by atoms with Gasteiger partial charge in [0.25, 0.3) is 5.56 Å². The van der Waals surface area contributed by atoms with Crippen molar-refractivity contribution in [3.8, 4) is 0 Å². The van der Waals surface area contributed by atoms with Crippen LogP contribution in [0.4, 0.5) is 4.39 Å². The first-order chi connectivity index (χ1) is 8.04. The van der Waals surface area contributed by atoms with Crippen LogP contribution in [0.3, 0.4) is 0 Å². The van der Waals surface area contributed by atoms with Gasteiger partial charge in [0.15, 0.2) is 0 Å². The third-order valence-electron chi connectivity index (χ3n) is 3.20. The highest BCUT2D eigenvalue weighted by Crippen LogP contribution is 2.42. The molecule has 0 amide bonds. The SMILES string of the molecule is COC(=O)c1cc(C)c(=O)n(C2(CF)CC2)c1. The first-order valence-electron chi connectivity index (χ1n) is 5.42. The van der Waals surface area contributed by atoms with Gasteiger partial charge in [-0.25, -0.2) is 9.18 Å². The van der Waals surface area contributed by atoms with Gasteiger partial charge in [-0.2, -0.15) is 0 Å². The highest BCUT2D eigenvalue weighted by molar-refractivity contribution is 5.89. The number of ether oxygens (including phenoxy) is 1. The molecule has 0 bridgehead atoms. The van der Waals surface area contributed by atoms with E-state index in [2.05, 4.69) is 4.74 Å². The maximum absolute atomic E-state index is 13.0. The van der Waals surface area contributed by atoms with E-state index in [1.807, 2.05) is 0 Å². The molecule has 0 aliphatic heterocycles. The fourth-order valence-electron chi connectivity index (χ4n) is 1.88. The van der Waals surface area contributed by atoms with Gasteiger partial charge in [-0.3, -0.25) is 4.79 Å². The summed E-state index contributed by atoms with van der Waals surface area (Å²) < 4.78 is 18.9. The van der Waals surface area contributed by atoms with Crippen LogP contribution in [0.25, 0.3) is 0 Å². The molecule has 0 saturated heterocycles. The van der Waals surface area contributed by atoms with Crippen LogP contribution in [-0.2, 0) is 10.3 Å². The average Bonchev–Trinajstić information content (AvgIpc) is 3.12. The Morgan fingerprint density at radius 3 is 2.71 bits per heavy atom. The number of carbonyl (C=O) groups is 1. The first-order valence-corrected chi connectivity index (χ1v) is 5.42. The van der Waals surface area contributed by atoms with Crippen molar-refractivity contribution < 1.29 is 13.9 Å². The maximum Gasteiger partial charge on any atom is 0.339 e. The van der Waals surface area contributed by atoms with Crippen LogP contribution < -0.4 is 5.56 Å². The molecule has 4 nitrogen and oxygen atoms in total. The third kappa shape index (κ3) is 1.85. The van der Waals surface area contributed by atoms with Crippen molar-refractivity contribution in [2.45, 2.75) is 25.3 Å². The van der Waals surface area contributed by atoms with E-state index in [1.54, 1.807) is 6.92 Å². The van der Waals surface area contributed by atoms with Crippen molar-refractivity contribution in [1.82, 2.24) is 4.57 Å². The lowest BCUT2D eigenvalue weighted by atomic mass is 10.2. The molecule has 1 aliphatic carbocycles. The van der Waals surface area contributed by atoms with Crippen LogP contribution in [-0.4, -0.2) is 24.3 Å². The van der Waals surface area contributed by atoms with Crippen molar-refractivity contribution in [3.05, 3.63) is 33.7 Å². The highest BCUT2D eigenvalue weighted by atomic mass is 19.1. The minimum atomic E-state index is -0.730. The van der Waals surface area contributed by atoms with E-state index in [4.69, 9.17) is 0 Å². The lowest BCUT2D eigenvalue weighted by Crippen LogP contribution is -2.33. The Balaban J connectivity index is 2.55. The molecule has 5 heteroatoms. The molecular weight excluding hydrogens is 225 g/mol. The zero-order valence-corrected chi connectivity index (χ0v) is 9.83. The number of aryl methyl sites for hydroxylation is 1. The van der Waals surface area contributed by atoms with E-state index in [1.165, 1.54) is 23.9 Å². The van der Waals surface area contributed by atoms with Gasteiger partial charge >= 0.3 is 5.97 Å². The summed E-state index contributed by atoms with van der Waals surface area (Å²) in [4.78, 5) is 23.4. The maximum atomic E-state index is 13.0. The summed E-state index contributed by atoms with van der Waals surface area (Å²) in [6.07, 6.45) is 2.66. The van der Waals surface area contributed by atoms with E-state index in [0.29, 0.717) is 18.4 Å². The van der Waals surface area contributed by atoms with Crippen molar-refractivity contribution in [3.63, 3.8) is 0 Å². The fraction of sp³-hybridized carbons (Fsp3) is 0.500. The molecule has 0 atom stereocenters. The summed E-state index contributed by atoms with van der Waals surface area (Å²) in [5, 5.41) is 0. The molecule has 0 N–H and O–H groups in total. The van der Waals surface area contributed by atoms with E-state index in [0.717, 1.165) is 0 Å². The molecule has 92 valence electrons. The number of esters is 1. The summed E-state index contributed by atoms with van der Waals surface area (Å²) in [6.45, 7) is 1.02. The van der Waals surface area contributed by atoms with Crippen LogP contribution >= 0.6 is 0 Å². The number of rotatable bonds is 3. The fourth-order valence-corrected chi connectivity index (χ4v) is 1.88. The molecule has 1 fully saturated rings. The lowest BCUT2D eigenvalue weighted by Gasteiger charge is -2.16. The summed E-state index contributed by atoms with van der Waals surface area (Å²) in [6, 6.07) is 1.47. The predicted molar refractivity (Wildman–Crippen MR) is 60.0 cm³/mol. The van der Waals surface area contributed by atoms with Gasteiger partial charge in [-0.05, 0) is 25.8 Å². The molecule has 1 aromatic rings. The molecule has 1 aliphatic rings. The Morgan fingerprint density at radius 2 is 2.24 bits per heavy atom. The molecule has 1 heterocycles. The summed E-state index contributed by atoms with van der Waals surface area (Å²) >= 11 is 0. The number of alkyl halides is 1. The average molecular weight is 239 g/mol. The monoisotopic (exact) mass is 239 g/mol. The molecule has 1 saturated carbocycles. The van der Waals surface area contributed by atoms with Crippen LogP contribution in [0, 0.1) is 6.92 Å². The Bertz CT molecular complexity index is 517. The molecule has 2 rings (SSSR count). The zero-order chi connectivity index (χ0) is 12.6. The van der Waals surface area contributed by atoms with Gasteiger partial charge in [0.1, 0.15) is 6.67 Å². The Kier molecular flexibility index (Phi) is 2.77. The Morgan fingerprint density at radius 1 is 1.59 bits per heavy atom. The topological polar surface area (TPSA) is 48.3 Å². The summed E-state index contributed by atoms with van der Waals surface area (Å²) in [5.74, 6) is -0.517. The zero-order valence-electron chi connectivity index (χ0n) is 9.83. The van der Waals surface area contributed by atoms with Gasteiger partial charge < -0.3 is 9.30 Å². The largest absolute Gasteiger partial charge is 0.465 e. The first kappa shape index (κ1) is 11.8. The van der Waals surface area contributed by atoms with Crippen LogP contribution in [0.2, 0.25) is 0 Å². The van der Waals surface area contributed by atoms with Gasteiger partial charge in [0, 0.05) is 11.8 Å². The van der Waals surface area contributed by atoms with Gasteiger partial charge in [-0.1, -0.05) is 0 Å². The number of hydrogen-bond acceptors (Lipinski definition) is 3. The molecule has 1 aromatic heterocycles. The van der Waals surface area contributed by atoms with E-state index in [-0.39, 0.29) is 11.1 Å². The van der Waals surface area contributed by atoms with Crippen molar-refractivity contribution in [2.75, 3.05) is 13.8 Å². The van der Waals surface area contributed by atoms with Gasteiger partial charge in [0.05, 0.1) is 18.2 Å². The molecule has 0 unspecified atom stereocenters. The van der Waals surface area contributed by atoms with E-state index in [9.17, 15) is 14.0 Å². The smallest absolute Gasteiger partial charge is 0.339 e. The number of hydrogen-bond donors (Lipinski definition) is 0. The van der Waals surface area contributed by atoms with Gasteiger partial charge in [-0.15, -0.1) is 0 Å². The quantitative estimate of drug-likeness (QED) is 0.749. The normalized spacial score (nSPS) is 16.6. The standard InChI is InChI=1S/C12H14FNO3/c1-8-5-9(11(16)17-2)6-14(10(8)15)12(7-13)3-4-12/h5-6H,3-4,7H2,1-2H3. The summed E-state index contributed by atoms with van der Waals surface area (Å²) in [7, 11) is 1.27. The second kappa shape index (κ2) is 3.98. The number of carbonyl (C=O) groups excluding carboxylic acids is 1. The molecule has 0 radical (unpaired) electrons. The van der Waals surface area contributed by atoms with Crippen molar-refractivity contribution in [2.24, 2.45) is 0 Å². The number of aromatic nitrogens is 1. The minimum Gasteiger partial charge on any atom is -0.465 e. The number of methoxy groups -OCH3 is 1. The van der Waals surface area contributed by atoms with Crippen molar-refractivity contribution in [1.29, 1.82) is 0 Å². The molecular formula is C12H14FNO3. The third-order valence-corrected chi connectivity index (χ3v) is 3.20. The molecule has 0 aromatic carbocycles. The minimum absolute atomic E-state index is 0.243. The second-order valence-electron chi connectivity index (χ2n) is 4.44. The van der Waals surface area contributed by atoms with Crippen LogP contribution in [0.15, 0.2) is 17.1 Å². The molecule has 0 spiro atoms. The van der Waals surface area contributed by atoms with E-state index < -0.39 is 18.2 Å². The van der Waals surface area contributed by atoms with Crippen LogP contribution in [0.5, 0.6) is 0 Å². The van der Waals surface area contributed by atoms with Crippen molar-refractivity contribution >= 4 is 5.97 Å². The number of pyridine rings is 1. The van der Waals surface area contributed by atoms with Crippen LogP contribution in [0.1, 0.15) is 28.8 Å². The predicted octanol–water partition coefficient (Wildman–Crippen LogP) is 1.40. The lowest BCUT2D eigenvalue weighted by molar-refractivity contribution is 0.0599. The number of halogens is 1. The molecule has 17 heavy (non-hydrogen) atoms. The van der Waals surface area contributed by atoms with E-state index >= 15 is 0 Å². The second-order valence-corrected chi connectivity index (χ2v) is 4.44. The highest BCUT2D eigenvalue weighted by Gasteiger charge is 2.45. The number of nitrogens with zero attached hydrogens (tertiary/aromatic N) is 1. The van der Waals surface area contributed by atoms with Gasteiger partial charge in [0.2, 0.25) is 0 Å². The Hall–Kier alpha value is -1.65.